The molecular formula is C18H17F2N3O2. The molecule has 0 spiro atoms. The Morgan fingerprint density at radius 2 is 1.84 bits per heavy atom. The van der Waals surface area contributed by atoms with Crippen molar-refractivity contribution in [3.63, 3.8) is 0 Å². The monoisotopic (exact) mass is 345 g/mol. The third-order valence-corrected chi connectivity index (χ3v) is 3.68. The molecule has 0 radical (unpaired) electrons. The van der Waals surface area contributed by atoms with Crippen LogP contribution in [0.15, 0.2) is 53.3 Å². The van der Waals surface area contributed by atoms with Crippen molar-refractivity contribution >= 4 is 10.9 Å². The van der Waals surface area contributed by atoms with Gasteiger partial charge in [0.2, 0.25) is 0 Å². The number of rotatable bonds is 6. The van der Waals surface area contributed by atoms with Gasteiger partial charge in [0.25, 0.3) is 5.56 Å². The number of nitrogens with zero attached hydrogens (tertiary/aromatic N) is 2. The van der Waals surface area contributed by atoms with Gasteiger partial charge in [0.15, 0.2) is 0 Å². The second-order valence-electron chi connectivity index (χ2n) is 5.72. The molecule has 1 aromatic heterocycles. The second-order valence-corrected chi connectivity index (χ2v) is 5.72. The third-order valence-electron chi connectivity index (χ3n) is 3.68. The summed E-state index contributed by atoms with van der Waals surface area (Å²) >= 11 is 0. The number of benzene rings is 2. The van der Waals surface area contributed by atoms with E-state index >= 15 is 0 Å². The second kappa shape index (κ2) is 7.40. The summed E-state index contributed by atoms with van der Waals surface area (Å²) < 4.78 is 28.6. The molecule has 7 heteroatoms. The zero-order chi connectivity index (χ0) is 17.8. The van der Waals surface area contributed by atoms with Gasteiger partial charge >= 0.3 is 6.61 Å². The maximum atomic E-state index is 12.2. The van der Waals surface area contributed by atoms with E-state index < -0.39 is 6.61 Å². The molecule has 0 saturated heterocycles. The Bertz CT molecular complexity index is 910. The molecule has 0 atom stereocenters. The summed E-state index contributed by atoms with van der Waals surface area (Å²) in [5.41, 5.74) is 1.43. The predicted octanol–water partition coefficient (Wildman–Crippen LogP) is 3.16. The van der Waals surface area contributed by atoms with Crippen LogP contribution in [0.3, 0.4) is 0 Å². The van der Waals surface area contributed by atoms with E-state index in [9.17, 15) is 13.6 Å². The van der Waals surface area contributed by atoms with Crippen molar-refractivity contribution in [1.29, 1.82) is 0 Å². The van der Waals surface area contributed by atoms with Gasteiger partial charge in [-0.05, 0) is 36.9 Å². The minimum Gasteiger partial charge on any atom is -0.435 e. The van der Waals surface area contributed by atoms with Crippen LogP contribution < -0.4 is 10.3 Å². The summed E-state index contributed by atoms with van der Waals surface area (Å²) in [6, 6.07) is 13.6. The number of nitrogens with one attached hydrogen (secondary N) is 1. The zero-order valence-corrected chi connectivity index (χ0v) is 13.6. The molecule has 5 nitrogen and oxygen atoms in total. The molecule has 0 unspecified atom stereocenters. The van der Waals surface area contributed by atoms with Gasteiger partial charge in [0, 0.05) is 6.54 Å². The van der Waals surface area contributed by atoms with E-state index in [0.29, 0.717) is 29.8 Å². The number of aromatic nitrogens is 2. The van der Waals surface area contributed by atoms with E-state index in [0.717, 1.165) is 5.56 Å². The first-order valence-corrected chi connectivity index (χ1v) is 7.71. The number of ether oxygens (including phenoxy) is 1. The van der Waals surface area contributed by atoms with Crippen LogP contribution in [0.4, 0.5) is 8.78 Å². The Balaban J connectivity index is 1.68. The fourth-order valence-corrected chi connectivity index (χ4v) is 2.61. The summed E-state index contributed by atoms with van der Waals surface area (Å²) in [6.07, 6.45) is 0. The number of fused-ring (bicyclic) bond motifs is 1. The number of aromatic amines is 1. The van der Waals surface area contributed by atoms with E-state index in [1.807, 2.05) is 18.0 Å². The van der Waals surface area contributed by atoms with Crippen molar-refractivity contribution in [3.8, 4) is 5.75 Å². The summed E-state index contributed by atoms with van der Waals surface area (Å²) in [5, 5.41) is 0.559. The van der Waals surface area contributed by atoms with Crippen molar-refractivity contribution < 1.29 is 13.5 Å². The number of H-pyrrole nitrogens is 1. The molecule has 0 bridgehead atoms. The molecule has 0 fully saturated rings. The van der Waals surface area contributed by atoms with E-state index in [-0.39, 0.29) is 11.3 Å². The van der Waals surface area contributed by atoms with E-state index in [2.05, 4.69) is 14.7 Å². The predicted molar refractivity (Wildman–Crippen MR) is 90.6 cm³/mol. The van der Waals surface area contributed by atoms with E-state index in [1.165, 1.54) is 12.1 Å². The summed E-state index contributed by atoms with van der Waals surface area (Å²) in [7, 11) is 1.89. The van der Waals surface area contributed by atoms with Gasteiger partial charge in [-0.15, -0.1) is 0 Å². The smallest absolute Gasteiger partial charge is 0.387 e. The molecule has 2 aromatic carbocycles. The average molecular weight is 345 g/mol. The molecule has 1 N–H and O–H groups in total. The van der Waals surface area contributed by atoms with Gasteiger partial charge in [0.1, 0.15) is 11.6 Å². The first-order valence-electron chi connectivity index (χ1n) is 7.71. The van der Waals surface area contributed by atoms with Crippen LogP contribution in [0, 0.1) is 0 Å². The molecule has 0 aliphatic heterocycles. The average Bonchev–Trinajstić information content (AvgIpc) is 2.56. The van der Waals surface area contributed by atoms with Crippen molar-refractivity contribution in [1.82, 2.24) is 14.9 Å². The molecule has 0 saturated carbocycles. The lowest BCUT2D eigenvalue weighted by molar-refractivity contribution is -0.0498. The Hall–Kier alpha value is -2.80. The topological polar surface area (TPSA) is 58.2 Å². The highest BCUT2D eigenvalue weighted by atomic mass is 19.3. The van der Waals surface area contributed by atoms with Crippen molar-refractivity contribution in [3.05, 3.63) is 70.3 Å². The Kier molecular flexibility index (Phi) is 5.04. The standard InChI is InChI=1S/C18H17F2N3O2/c1-23(10-12-6-8-13(9-7-12)25-18(19)20)11-16-21-15-5-3-2-4-14(15)17(24)22-16/h2-9,18H,10-11H2,1H3,(H,21,22,24). The SMILES string of the molecule is CN(Cc1ccc(OC(F)F)cc1)Cc1nc2ccccc2c(=O)[nH]1. The van der Waals surface area contributed by atoms with Gasteiger partial charge in [-0.2, -0.15) is 8.78 Å². The Morgan fingerprint density at radius 3 is 2.56 bits per heavy atom. The maximum Gasteiger partial charge on any atom is 0.387 e. The van der Waals surface area contributed by atoms with Crippen LogP contribution in [0.25, 0.3) is 10.9 Å². The van der Waals surface area contributed by atoms with Crippen molar-refractivity contribution in [2.45, 2.75) is 19.7 Å². The largest absolute Gasteiger partial charge is 0.435 e. The lowest BCUT2D eigenvalue weighted by Gasteiger charge is -2.16. The highest BCUT2D eigenvalue weighted by Gasteiger charge is 2.08. The summed E-state index contributed by atoms with van der Waals surface area (Å²) in [4.78, 5) is 21.3. The van der Waals surface area contributed by atoms with Crippen LogP contribution in [0.5, 0.6) is 5.75 Å². The summed E-state index contributed by atoms with van der Waals surface area (Å²) in [5.74, 6) is 0.700. The van der Waals surface area contributed by atoms with Crippen molar-refractivity contribution in [2.24, 2.45) is 0 Å². The quantitative estimate of drug-likeness (QED) is 0.746. The van der Waals surface area contributed by atoms with Crippen LogP contribution in [0.1, 0.15) is 11.4 Å². The molecular weight excluding hydrogens is 328 g/mol. The van der Waals surface area contributed by atoms with Crippen LogP contribution in [-0.2, 0) is 13.1 Å². The number of hydrogen-bond donors (Lipinski definition) is 1. The molecule has 130 valence electrons. The number of para-hydroxylation sites is 1. The van der Waals surface area contributed by atoms with Crippen LogP contribution in [0.2, 0.25) is 0 Å². The van der Waals surface area contributed by atoms with Gasteiger partial charge < -0.3 is 9.72 Å². The molecule has 1 heterocycles. The third kappa shape index (κ3) is 4.39. The van der Waals surface area contributed by atoms with Gasteiger partial charge in [-0.3, -0.25) is 9.69 Å². The lowest BCUT2D eigenvalue weighted by atomic mass is 10.2. The van der Waals surface area contributed by atoms with Crippen LogP contribution in [-0.4, -0.2) is 28.5 Å². The van der Waals surface area contributed by atoms with Crippen LogP contribution >= 0.6 is 0 Å². The van der Waals surface area contributed by atoms with E-state index in [4.69, 9.17) is 0 Å². The molecule has 0 amide bonds. The highest BCUT2D eigenvalue weighted by molar-refractivity contribution is 5.77. The lowest BCUT2D eigenvalue weighted by Crippen LogP contribution is -2.21. The normalized spacial score (nSPS) is 11.4. The Labute approximate surface area is 142 Å². The Morgan fingerprint density at radius 1 is 1.12 bits per heavy atom. The minimum atomic E-state index is -2.83. The maximum absolute atomic E-state index is 12.2. The van der Waals surface area contributed by atoms with E-state index in [1.54, 1.807) is 30.3 Å². The number of alkyl halides is 2. The fraction of sp³-hybridized carbons (Fsp3) is 0.222. The van der Waals surface area contributed by atoms with Crippen molar-refractivity contribution in [2.75, 3.05) is 7.05 Å². The summed E-state index contributed by atoms with van der Waals surface area (Å²) in [6.45, 7) is -1.80. The highest BCUT2D eigenvalue weighted by Crippen LogP contribution is 2.16. The zero-order valence-electron chi connectivity index (χ0n) is 13.6. The molecule has 3 aromatic rings. The first-order chi connectivity index (χ1) is 12.0. The van der Waals surface area contributed by atoms with Gasteiger partial charge in [0.05, 0.1) is 17.4 Å². The molecule has 25 heavy (non-hydrogen) atoms. The number of hydrogen-bond acceptors (Lipinski definition) is 4. The molecule has 3 rings (SSSR count). The van der Waals surface area contributed by atoms with Gasteiger partial charge in [-0.1, -0.05) is 24.3 Å². The first kappa shape index (κ1) is 17.0. The number of halogens is 2. The van der Waals surface area contributed by atoms with Gasteiger partial charge in [-0.25, -0.2) is 4.98 Å². The fourth-order valence-electron chi connectivity index (χ4n) is 2.61. The minimum absolute atomic E-state index is 0.127. The molecule has 0 aliphatic carbocycles. The molecule has 0 aliphatic rings.